The van der Waals surface area contributed by atoms with Crippen LogP contribution < -0.4 is 15.3 Å². The average Bonchev–Trinajstić information content (AvgIpc) is 2.74. The van der Waals surface area contributed by atoms with Crippen molar-refractivity contribution in [1.29, 1.82) is 0 Å². The zero-order valence-electron chi connectivity index (χ0n) is 19.8. The molecule has 8 heteroatoms. The molecule has 0 saturated heterocycles. The summed E-state index contributed by atoms with van der Waals surface area (Å²) in [5.74, 6) is 6.76. The fraction of sp³-hybridized carbons (Fsp3) is 0.440. The molecule has 0 aromatic heterocycles. The smallest absolute Gasteiger partial charge is 0.254 e. The predicted molar refractivity (Wildman–Crippen MR) is 141 cm³/mol. The summed E-state index contributed by atoms with van der Waals surface area (Å²) in [7, 11) is 0. The number of nitrogens with two attached hydrogens (primary N) is 1. The van der Waals surface area contributed by atoms with Crippen LogP contribution in [0.25, 0.3) is 0 Å². The van der Waals surface area contributed by atoms with E-state index in [0.717, 1.165) is 40.8 Å². The van der Waals surface area contributed by atoms with E-state index in [4.69, 9.17) is 15.3 Å². The lowest BCUT2D eigenvalue weighted by molar-refractivity contribution is 0.0643. The van der Waals surface area contributed by atoms with Crippen molar-refractivity contribution in [2.45, 2.75) is 59.0 Å². The quantitative estimate of drug-likeness (QED) is 0.154. The fourth-order valence-corrected chi connectivity index (χ4v) is 3.95. The summed E-state index contributed by atoms with van der Waals surface area (Å²) in [5, 5.41) is 3.50. The lowest BCUT2D eigenvalue weighted by atomic mass is 10.1. The van der Waals surface area contributed by atoms with E-state index in [1.54, 1.807) is 6.21 Å². The Labute approximate surface area is 212 Å². The maximum atomic E-state index is 12.8. The van der Waals surface area contributed by atoms with Gasteiger partial charge in [0.25, 0.3) is 5.91 Å². The molecule has 33 heavy (non-hydrogen) atoms. The Bertz CT molecular complexity index is 881. The molecule has 2 rings (SSSR count). The minimum Gasteiger partial charge on any atom is -0.494 e. The van der Waals surface area contributed by atoms with E-state index in [2.05, 4.69) is 21.0 Å². The number of hydrazone groups is 1. The summed E-state index contributed by atoms with van der Waals surface area (Å²) < 4.78 is 12.4. The molecule has 0 radical (unpaired) electrons. The molecular formula is C25H35BrClN3O3. The minimum absolute atomic E-state index is 0. The Balaban J connectivity index is 0.00000544. The topological polar surface area (TPSA) is 77.2 Å². The Hall–Kier alpha value is -2.25. The molecule has 0 aliphatic carbocycles. The Morgan fingerprint density at radius 3 is 2.15 bits per heavy atom. The normalized spacial score (nSPS) is 11.0. The monoisotopic (exact) mass is 539 g/mol. The van der Waals surface area contributed by atoms with Gasteiger partial charge >= 0.3 is 0 Å². The first-order chi connectivity index (χ1) is 15.3. The molecule has 6 nitrogen and oxygen atoms in total. The molecule has 0 atom stereocenters. The van der Waals surface area contributed by atoms with Crippen molar-refractivity contribution in [2.24, 2.45) is 10.9 Å². The van der Waals surface area contributed by atoms with Crippen LogP contribution in [0.1, 0.15) is 62.9 Å². The van der Waals surface area contributed by atoms with Crippen molar-refractivity contribution >= 4 is 40.5 Å². The zero-order chi connectivity index (χ0) is 23.5. The SMILES string of the molecule is CC(C)N(C(=O)c1ccc(OCCCCCOc2ccc(C=NN)cc2)c(Br)c1)C(C)C.Cl. The zero-order valence-corrected chi connectivity index (χ0v) is 22.2. The van der Waals surface area contributed by atoms with Crippen LogP contribution in [0.5, 0.6) is 11.5 Å². The summed E-state index contributed by atoms with van der Waals surface area (Å²) >= 11 is 3.54. The molecule has 0 fully saturated rings. The second-order valence-corrected chi connectivity index (χ2v) is 9.00. The van der Waals surface area contributed by atoms with Crippen LogP contribution in [0, 0.1) is 0 Å². The number of hydrogen-bond acceptors (Lipinski definition) is 5. The third-order valence-corrected chi connectivity index (χ3v) is 5.56. The van der Waals surface area contributed by atoms with E-state index in [9.17, 15) is 4.79 Å². The first kappa shape index (κ1) is 28.8. The summed E-state index contributed by atoms with van der Waals surface area (Å²) in [4.78, 5) is 14.7. The van der Waals surface area contributed by atoms with Crippen LogP contribution in [0.2, 0.25) is 0 Å². The number of carbonyl (C=O) groups is 1. The first-order valence-electron chi connectivity index (χ1n) is 11.0. The second kappa shape index (κ2) is 14.8. The maximum absolute atomic E-state index is 12.8. The number of nitrogens with zero attached hydrogens (tertiary/aromatic N) is 2. The maximum Gasteiger partial charge on any atom is 0.254 e. The Kier molecular flexibility index (Phi) is 12.9. The molecule has 1 amide bonds. The standard InChI is InChI=1S/C25H34BrN3O3.ClH/c1-18(2)29(19(3)4)25(30)21-10-13-24(23(26)16-21)32-15-7-5-6-14-31-22-11-8-20(9-12-22)17-28-27;/h8-13,16-19H,5-7,14-15,27H2,1-4H3;1H. The van der Waals surface area contributed by atoms with Gasteiger partial charge in [-0.05, 0) is 111 Å². The molecule has 2 aromatic rings. The molecule has 0 bridgehead atoms. The lowest BCUT2D eigenvalue weighted by Crippen LogP contribution is -2.42. The second-order valence-electron chi connectivity index (χ2n) is 8.15. The molecule has 0 saturated carbocycles. The van der Waals surface area contributed by atoms with Crippen molar-refractivity contribution in [3.8, 4) is 11.5 Å². The summed E-state index contributed by atoms with van der Waals surface area (Å²) in [6, 6.07) is 13.5. The summed E-state index contributed by atoms with van der Waals surface area (Å²) in [6.07, 6.45) is 4.48. The number of rotatable bonds is 12. The van der Waals surface area contributed by atoms with Crippen molar-refractivity contribution < 1.29 is 14.3 Å². The first-order valence-corrected chi connectivity index (χ1v) is 11.8. The van der Waals surface area contributed by atoms with Gasteiger partial charge in [0, 0.05) is 17.6 Å². The Morgan fingerprint density at radius 1 is 1.00 bits per heavy atom. The number of ether oxygens (including phenoxy) is 2. The van der Waals surface area contributed by atoms with Crippen LogP contribution in [0.4, 0.5) is 0 Å². The number of halogens is 2. The van der Waals surface area contributed by atoms with Gasteiger partial charge in [0.1, 0.15) is 11.5 Å². The molecule has 2 N–H and O–H groups in total. The number of hydrogen-bond donors (Lipinski definition) is 1. The van der Waals surface area contributed by atoms with E-state index in [-0.39, 0.29) is 30.4 Å². The molecule has 182 valence electrons. The van der Waals surface area contributed by atoms with Gasteiger partial charge in [0.2, 0.25) is 0 Å². The number of carbonyl (C=O) groups excluding carboxylic acids is 1. The van der Waals surface area contributed by atoms with E-state index >= 15 is 0 Å². The average molecular weight is 541 g/mol. The molecule has 0 unspecified atom stereocenters. The van der Waals surface area contributed by atoms with E-state index in [0.29, 0.717) is 18.8 Å². The van der Waals surface area contributed by atoms with Gasteiger partial charge in [0.05, 0.1) is 23.9 Å². The minimum atomic E-state index is 0. The van der Waals surface area contributed by atoms with E-state index in [1.807, 2.05) is 75.1 Å². The van der Waals surface area contributed by atoms with Gasteiger partial charge in [-0.3, -0.25) is 4.79 Å². The number of amides is 1. The molecule has 2 aromatic carbocycles. The van der Waals surface area contributed by atoms with Gasteiger partial charge in [-0.2, -0.15) is 5.10 Å². The molecule has 0 aliphatic rings. The van der Waals surface area contributed by atoms with Gasteiger partial charge in [-0.15, -0.1) is 12.4 Å². The molecule has 0 spiro atoms. The van der Waals surface area contributed by atoms with Gasteiger partial charge in [-0.1, -0.05) is 0 Å². The largest absolute Gasteiger partial charge is 0.494 e. The molecular weight excluding hydrogens is 506 g/mol. The van der Waals surface area contributed by atoms with Crippen molar-refractivity contribution in [1.82, 2.24) is 4.90 Å². The highest BCUT2D eigenvalue weighted by Gasteiger charge is 2.22. The third-order valence-electron chi connectivity index (χ3n) is 4.94. The highest BCUT2D eigenvalue weighted by atomic mass is 79.9. The lowest BCUT2D eigenvalue weighted by Gasteiger charge is -2.31. The number of unbranched alkanes of at least 4 members (excludes halogenated alkanes) is 2. The van der Waals surface area contributed by atoms with Crippen LogP contribution >= 0.6 is 28.3 Å². The predicted octanol–water partition coefficient (Wildman–Crippen LogP) is 6.05. The van der Waals surface area contributed by atoms with Gasteiger partial charge < -0.3 is 20.2 Å². The highest BCUT2D eigenvalue weighted by molar-refractivity contribution is 9.10. The van der Waals surface area contributed by atoms with Gasteiger partial charge in [0.15, 0.2) is 0 Å². The van der Waals surface area contributed by atoms with Crippen molar-refractivity contribution in [3.05, 3.63) is 58.1 Å². The third kappa shape index (κ3) is 9.26. The highest BCUT2D eigenvalue weighted by Crippen LogP contribution is 2.27. The van der Waals surface area contributed by atoms with E-state index < -0.39 is 0 Å². The van der Waals surface area contributed by atoms with Crippen LogP contribution in [-0.2, 0) is 0 Å². The van der Waals surface area contributed by atoms with Crippen LogP contribution in [0.15, 0.2) is 52.0 Å². The summed E-state index contributed by atoms with van der Waals surface area (Å²) in [6.45, 7) is 9.40. The van der Waals surface area contributed by atoms with E-state index in [1.165, 1.54) is 0 Å². The molecule has 0 heterocycles. The van der Waals surface area contributed by atoms with Crippen LogP contribution in [-0.4, -0.2) is 42.3 Å². The van der Waals surface area contributed by atoms with Crippen LogP contribution in [0.3, 0.4) is 0 Å². The Morgan fingerprint density at radius 2 is 1.61 bits per heavy atom. The van der Waals surface area contributed by atoms with Gasteiger partial charge in [-0.25, -0.2) is 0 Å². The van der Waals surface area contributed by atoms with Crippen molar-refractivity contribution in [2.75, 3.05) is 13.2 Å². The number of benzene rings is 2. The summed E-state index contributed by atoms with van der Waals surface area (Å²) in [5.41, 5.74) is 1.60. The molecule has 0 aliphatic heterocycles. The fourth-order valence-electron chi connectivity index (χ4n) is 3.45. The van der Waals surface area contributed by atoms with Crippen molar-refractivity contribution in [3.63, 3.8) is 0 Å².